The zero-order chi connectivity index (χ0) is 11.1. The standard InChI is InChI=1S/C11H10ClN3O/c1-7-4-15-10-8(6-16-5-7)2-13-11(12)9(10)3-14-15/h2-3H,1,4-6H2. The maximum Gasteiger partial charge on any atom is 0.140 e. The number of ether oxygens (including phenoxy) is 1. The van der Waals surface area contributed by atoms with Crippen LogP contribution >= 0.6 is 11.6 Å². The highest BCUT2D eigenvalue weighted by molar-refractivity contribution is 6.34. The molecular formula is C11H10ClN3O. The van der Waals surface area contributed by atoms with Crippen molar-refractivity contribution in [3.05, 3.63) is 35.3 Å². The summed E-state index contributed by atoms with van der Waals surface area (Å²) in [6, 6.07) is 0. The van der Waals surface area contributed by atoms with E-state index in [1.165, 1.54) is 0 Å². The minimum atomic E-state index is 0.483. The van der Waals surface area contributed by atoms with E-state index in [2.05, 4.69) is 16.7 Å². The predicted molar refractivity (Wildman–Crippen MR) is 61.3 cm³/mol. The zero-order valence-electron chi connectivity index (χ0n) is 8.61. The summed E-state index contributed by atoms with van der Waals surface area (Å²) in [6.45, 7) is 5.69. The van der Waals surface area contributed by atoms with Crippen molar-refractivity contribution in [2.24, 2.45) is 0 Å². The first-order valence-electron chi connectivity index (χ1n) is 4.99. The van der Waals surface area contributed by atoms with Gasteiger partial charge >= 0.3 is 0 Å². The smallest absolute Gasteiger partial charge is 0.140 e. The molecule has 16 heavy (non-hydrogen) atoms. The Kier molecular flexibility index (Phi) is 2.19. The number of aromatic nitrogens is 3. The number of hydrogen-bond acceptors (Lipinski definition) is 3. The molecule has 0 saturated carbocycles. The summed E-state index contributed by atoms with van der Waals surface area (Å²) in [7, 11) is 0. The van der Waals surface area contributed by atoms with E-state index in [0.717, 1.165) is 22.0 Å². The molecule has 2 aromatic heterocycles. The normalized spacial score (nSPS) is 16.2. The van der Waals surface area contributed by atoms with Gasteiger partial charge in [0.2, 0.25) is 0 Å². The lowest BCUT2D eigenvalue weighted by Crippen LogP contribution is -2.12. The van der Waals surface area contributed by atoms with Crippen LogP contribution in [0.2, 0.25) is 5.15 Å². The van der Waals surface area contributed by atoms with Crippen LogP contribution < -0.4 is 0 Å². The highest BCUT2D eigenvalue weighted by Crippen LogP contribution is 2.26. The Morgan fingerprint density at radius 3 is 3.12 bits per heavy atom. The van der Waals surface area contributed by atoms with E-state index >= 15 is 0 Å². The summed E-state index contributed by atoms with van der Waals surface area (Å²) < 4.78 is 7.43. The van der Waals surface area contributed by atoms with Crippen molar-refractivity contribution in [3.63, 3.8) is 0 Å². The Morgan fingerprint density at radius 2 is 2.25 bits per heavy atom. The molecule has 0 bridgehead atoms. The molecule has 82 valence electrons. The maximum atomic E-state index is 6.03. The van der Waals surface area contributed by atoms with Crippen molar-refractivity contribution < 1.29 is 4.74 Å². The average Bonchev–Trinajstić information content (AvgIpc) is 2.64. The van der Waals surface area contributed by atoms with Gasteiger partial charge in [-0.15, -0.1) is 0 Å². The zero-order valence-corrected chi connectivity index (χ0v) is 9.37. The Balaban J connectivity index is 2.30. The molecule has 0 aliphatic carbocycles. The molecule has 0 unspecified atom stereocenters. The predicted octanol–water partition coefficient (Wildman–Crippen LogP) is 2.17. The van der Waals surface area contributed by atoms with Gasteiger partial charge in [0.15, 0.2) is 0 Å². The second-order valence-electron chi connectivity index (χ2n) is 3.88. The molecule has 0 N–H and O–H groups in total. The third-order valence-electron chi connectivity index (χ3n) is 2.64. The van der Waals surface area contributed by atoms with Crippen LogP contribution in [0.4, 0.5) is 0 Å². The van der Waals surface area contributed by atoms with Crippen LogP contribution in [0.15, 0.2) is 24.5 Å². The van der Waals surface area contributed by atoms with E-state index in [1.807, 2.05) is 4.68 Å². The van der Waals surface area contributed by atoms with Crippen LogP contribution in [-0.4, -0.2) is 21.4 Å². The van der Waals surface area contributed by atoms with Gasteiger partial charge in [-0.05, 0) is 5.57 Å². The van der Waals surface area contributed by atoms with Crippen LogP contribution in [0, 0.1) is 0 Å². The molecule has 1 aliphatic rings. The largest absolute Gasteiger partial charge is 0.372 e. The lowest BCUT2D eigenvalue weighted by atomic mass is 10.2. The molecule has 0 fully saturated rings. The lowest BCUT2D eigenvalue weighted by Gasteiger charge is -2.14. The van der Waals surface area contributed by atoms with E-state index in [0.29, 0.717) is 24.9 Å². The van der Waals surface area contributed by atoms with E-state index < -0.39 is 0 Å². The fourth-order valence-corrected chi connectivity index (χ4v) is 2.12. The number of nitrogens with zero attached hydrogens (tertiary/aromatic N) is 3. The summed E-state index contributed by atoms with van der Waals surface area (Å²) in [5.74, 6) is 0. The average molecular weight is 236 g/mol. The molecule has 0 aromatic carbocycles. The van der Waals surface area contributed by atoms with Gasteiger partial charge in [0.1, 0.15) is 5.15 Å². The first kappa shape index (κ1) is 9.81. The van der Waals surface area contributed by atoms with Gasteiger partial charge in [-0.2, -0.15) is 5.10 Å². The molecule has 0 spiro atoms. The second-order valence-corrected chi connectivity index (χ2v) is 4.24. The number of rotatable bonds is 0. The van der Waals surface area contributed by atoms with Crippen LogP contribution in [-0.2, 0) is 17.9 Å². The molecule has 3 rings (SSSR count). The van der Waals surface area contributed by atoms with Crippen molar-refractivity contribution in [3.8, 4) is 0 Å². The molecule has 1 aliphatic heterocycles. The molecule has 0 saturated heterocycles. The molecule has 0 atom stereocenters. The third kappa shape index (κ3) is 1.42. The highest BCUT2D eigenvalue weighted by Gasteiger charge is 2.15. The Morgan fingerprint density at radius 1 is 1.38 bits per heavy atom. The molecule has 0 amide bonds. The van der Waals surface area contributed by atoms with Gasteiger partial charge in [-0.1, -0.05) is 18.2 Å². The number of pyridine rings is 1. The van der Waals surface area contributed by atoms with Gasteiger partial charge < -0.3 is 4.74 Å². The quantitative estimate of drug-likeness (QED) is 0.519. The van der Waals surface area contributed by atoms with Crippen LogP contribution in [0.25, 0.3) is 10.9 Å². The van der Waals surface area contributed by atoms with Gasteiger partial charge in [-0.25, -0.2) is 4.98 Å². The number of hydrogen-bond donors (Lipinski definition) is 0. The monoisotopic (exact) mass is 235 g/mol. The highest BCUT2D eigenvalue weighted by atomic mass is 35.5. The molecule has 0 radical (unpaired) electrons. The first-order valence-corrected chi connectivity index (χ1v) is 5.37. The van der Waals surface area contributed by atoms with Crippen LogP contribution in [0.3, 0.4) is 0 Å². The third-order valence-corrected chi connectivity index (χ3v) is 2.94. The van der Waals surface area contributed by atoms with Crippen LogP contribution in [0.1, 0.15) is 5.56 Å². The van der Waals surface area contributed by atoms with Crippen molar-refractivity contribution >= 4 is 22.5 Å². The molecule has 2 aromatic rings. The fourth-order valence-electron chi connectivity index (χ4n) is 1.93. The minimum Gasteiger partial charge on any atom is -0.372 e. The Labute approximate surface area is 97.5 Å². The van der Waals surface area contributed by atoms with Gasteiger partial charge in [0.05, 0.1) is 36.9 Å². The van der Waals surface area contributed by atoms with Gasteiger partial charge in [0, 0.05) is 11.8 Å². The molecular weight excluding hydrogens is 226 g/mol. The molecule has 3 heterocycles. The van der Waals surface area contributed by atoms with Gasteiger partial charge in [0.25, 0.3) is 0 Å². The SMILES string of the molecule is C=C1COCc2cnc(Cl)c3cnn(c23)C1. The second kappa shape index (κ2) is 3.57. The summed E-state index contributed by atoms with van der Waals surface area (Å²) in [5.41, 5.74) is 3.02. The van der Waals surface area contributed by atoms with E-state index in [-0.39, 0.29) is 0 Å². The van der Waals surface area contributed by atoms with Gasteiger partial charge in [-0.3, -0.25) is 4.68 Å². The van der Waals surface area contributed by atoms with E-state index in [4.69, 9.17) is 16.3 Å². The topological polar surface area (TPSA) is 39.9 Å². The summed E-state index contributed by atoms with van der Waals surface area (Å²) in [4.78, 5) is 4.13. The maximum absolute atomic E-state index is 6.03. The minimum absolute atomic E-state index is 0.483. The Bertz CT molecular complexity index is 576. The van der Waals surface area contributed by atoms with Crippen molar-refractivity contribution in [2.75, 3.05) is 6.61 Å². The molecule has 4 nitrogen and oxygen atoms in total. The van der Waals surface area contributed by atoms with E-state index in [1.54, 1.807) is 12.4 Å². The van der Waals surface area contributed by atoms with Crippen molar-refractivity contribution in [1.82, 2.24) is 14.8 Å². The van der Waals surface area contributed by atoms with Crippen molar-refractivity contribution in [1.29, 1.82) is 0 Å². The summed E-state index contributed by atoms with van der Waals surface area (Å²) in [6.07, 6.45) is 3.49. The van der Waals surface area contributed by atoms with E-state index in [9.17, 15) is 0 Å². The lowest BCUT2D eigenvalue weighted by molar-refractivity contribution is 0.138. The summed E-state index contributed by atoms with van der Waals surface area (Å²) in [5, 5.41) is 5.67. The van der Waals surface area contributed by atoms with Crippen molar-refractivity contribution in [2.45, 2.75) is 13.2 Å². The fraction of sp³-hybridized carbons (Fsp3) is 0.273. The van der Waals surface area contributed by atoms with Crippen LogP contribution in [0.5, 0.6) is 0 Å². The molecule has 5 heteroatoms. The first-order chi connectivity index (χ1) is 7.75. The Hall–Kier alpha value is -1.39. The summed E-state index contributed by atoms with van der Waals surface area (Å²) >= 11 is 6.03. The number of halogens is 1.